The Kier molecular flexibility index (Phi) is 10.2. The molecule has 2 aromatic rings. The molecule has 1 fully saturated rings. The van der Waals surface area contributed by atoms with Gasteiger partial charge in [-0.15, -0.1) is 0 Å². The van der Waals surface area contributed by atoms with Crippen LogP contribution in [0.25, 0.3) is 10.9 Å². The molecule has 0 aliphatic carbocycles. The number of carbonyl (C=O) groups is 4. The van der Waals surface area contributed by atoms with E-state index in [9.17, 15) is 29.4 Å². The Hall–Kier alpha value is -3.48. The summed E-state index contributed by atoms with van der Waals surface area (Å²) in [6.45, 7) is 2.03. The number of hydrogen-bond acceptors (Lipinski definition) is 7. The standard InChI is InChI=1S/C26H38N6O6/c1-15(33)22(31-23(34)18(28)13-16-14-29-19-8-3-2-7-17(16)19)25(36)32-12-6-10-21(32)24(35)30-20(26(37)38)9-4-5-11-27/h2-3,7-8,14-15,18,20-22,29,33H,4-6,9-13,27-28H2,1H3,(H,30,35)(H,31,34)(H,37,38). The third-order valence-corrected chi connectivity index (χ3v) is 6.90. The number of para-hydroxylation sites is 1. The van der Waals surface area contributed by atoms with Crippen LogP contribution in [0, 0.1) is 0 Å². The van der Waals surface area contributed by atoms with E-state index in [0.29, 0.717) is 32.2 Å². The Labute approximate surface area is 221 Å². The first-order valence-corrected chi connectivity index (χ1v) is 13.0. The van der Waals surface area contributed by atoms with Gasteiger partial charge in [-0.05, 0) is 63.6 Å². The van der Waals surface area contributed by atoms with Crippen LogP contribution in [0.15, 0.2) is 30.5 Å². The van der Waals surface area contributed by atoms with Crippen LogP contribution in [-0.2, 0) is 25.6 Å². The smallest absolute Gasteiger partial charge is 0.326 e. The molecule has 1 aromatic carbocycles. The van der Waals surface area contributed by atoms with Crippen molar-refractivity contribution in [1.29, 1.82) is 0 Å². The van der Waals surface area contributed by atoms with Crippen molar-refractivity contribution in [1.82, 2.24) is 20.5 Å². The normalized spacial score (nSPS) is 18.5. The van der Waals surface area contributed by atoms with Crippen LogP contribution in [0.5, 0.6) is 0 Å². The average molecular weight is 531 g/mol. The lowest BCUT2D eigenvalue weighted by atomic mass is 10.0. The summed E-state index contributed by atoms with van der Waals surface area (Å²) in [6, 6.07) is 3.31. The molecule has 0 saturated carbocycles. The number of likely N-dealkylation sites (tertiary alicyclic amines) is 1. The number of amides is 3. The number of nitrogens with zero attached hydrogens (tertiary/aromatic N) is 1. The van der Waals surface area contributed by atoms with Gasteiger partial charge in [0.2, 0.25) is 17.7 Å². The predicted octanol–water partition coefficient (Wildman–Crippen LogP) is -0.407. The van der Waals surface area contributed by atoms with Crippen LogP contribution in [0.2, 0.25) is 0 Å². The fourth-order valence-electron chi connectivity index (χ4n) is 4.78. The number of carboxylic acids is 1. The maximum Gasteiger partial charge on any atom is 0.326 e. The van der Waals surface area contributed by atoms with Crippen LogP contribution in [0.4, 0.5) is 0 Å². The first-order valence-electron chi connectivity index (χ1n) is 13.0. The highest BCUT2D eigenvalue weighted by Crippen LogP contribution is 2.21. The molecule has 9 N–H and O–H groups in total. The second-order valence-corrected chi connectivity index (χ2v) is 9.77. The molecule has 3 rings (SSSR count). The van der Waals surface area contributed by atoms with E-state index in [4.69, 9.17) is 11.5 Å². The number of carboxylic acid groups (broad SMARTS) is 1. The monoisotopic (exact) mass is 530 g/mol. The Morgan fingerprint density at radius 1 is 1.18 bits per heavy atom. The van der Waals surface area contributed by atoms with Gasteiger partial charge in [0.1, 0.15) is 18.1 Å². The highest BCUT2D eigenvalue weighted by atomic mass is 16.4. The number of fused-ring (bicyclic) bond motifs is 1. The van der Waals surface area contributed by atoms with Gasteiger partial charge in [0.25, 0.3) is 0 Å². The SMILES string of the molecule is CC(O)C(NC(=O)C(N)Cc1c[nH]c2ccccc12)C(=O)N1CCCC1C(=O)NC(CCCCN)C(=O)O. The van der Waals surface area contributed by atoms with Crippen molar-refractivity contribution in [2.45, 2.75) is 75.7 Å². The Balaban J connectivity index is 1.65. The van der Waals surface area contributed by atoms with E-state index in [1.165, 1.54) is 11.8 Å². The molecule has 1 aromatic heterocycles. The third kappa shape index (κ3) is 7.09. The van der Waals surface area contributed by atoms with Crippen molar-refractivity contribution in [3.8, 4) is 0 Å². The zero-order valence-corrected chi connectivity index (χ0v) is 21.6. The quantitative estimate of drug-likeness (QED) is 0.169. The molecule has 2 heterocycles. The number of unbranched alkanes of at least 4 members (excludes halogenated alkanes) is 1. The van der Waals surface area contributed by atoms with Crippen LogP contribution < -0.4 is 22.1 Å². The number of nitrogens with two attached hydrogens (primary N) is 2. The summed E-state index contributed by atoms with van der Waals surface area (Å²) in [5.41, 5.74) is 13.4. The average Bonchev–Trinajstić information content (AvgIpc) is 3.53. The number of aromatic amines is 1. The summed E-state index contributed by atoms with van der Waals surface area (Å²) in [6.07, 6.45) is 3.00. The van der Waals surface area contributed by atoms with Gasteiger partial charge in [-0.1, -0.05) is 18.2 Å². The molecule has 1 aliphatic heterocycles. The highest BCUT2D eigenvalue weighted by molar-refractivity contribution is 5.95. The second kappa shape index (κ2) is 13.4. The lowest BCUT2D eigenvalue weighted by Gasteiger charge is -2.31. The number of rotatable bonds is 13. The minimum atomic E-state index is -1.32. The molecule has 38 heavy (non-hydrogen) atoms. The molecule has 0 spiro atoms. The fraction of sp³-hybridized carbons (Fsp3) is 0.538. The van der Waals surface area contributed by atoms with E-state index < -0.39 is 54.0 Å². The minimum Gasteiger partial charge on any atom is -0.480 e. The van der Waals surface area contributed by atoms with E-state index in [1.807, 2.05) is 24.3 Å². The van der Waals surface area contributed by atoms with Gasteiger partial charge in [0, 0.05) is 23.6 Å². The number of aliphatic hydroxyl groups excluding tert-OH is 1. The van der Waals surface area contributed by atoms with Crippen LogP contribution in [0.1, 0.15) is 44.6 Å². The Morgan fingerprint density at radius 2 is 1.92 bits per heavy atom. The first-order chi connectivity index (χ1) is 18.1. The van der Waals surface area contributed by atoms with E-state index in [-0.39, 0.29) is 19.4 Å². The molecule has 3 amide bonds. The molecular weight excluding hydrogens is 492 g/mol. The second-order valence-electron chi connectivity index (χ2n) is 9.77. The number of aliphatic carboxylic acids is 1. The fourth-order valence-corrected chi connectivity index (χ4v) is 4.78. The van der Waals surface area contributed by atoms with Crippen LogP contribution >= 0.6 is 0 Å². The largest absolute Gasteiger partial charge is 0.480 e. The number of aliphatic hydroxyl groups is 1. The highest BCUT2D eigenvalue weighted by Gasteiger charge is 2.40. The maximum absolute atomic E-state index is 13.4. The maximum atomic E-state index is 13.4. The van der Waals surface area contributed by atoms with Crippen molar-refractivity contribution in [3.05, 3.63) is 36.0 Å². The molecule has 1 saturated heterocycles. The number of H-pyrrole nitrogens is 1. The third-order valence-electron chi connectivity index (χ3n) is 6.90. The number of carbonyl (C=O) groups excluding carboxylic acids is 3. The summed E-state index contributed by atoms with van der Waals surface area (Å²) >= 11 is 0. The van der Waals surface area contributed by atoms with Gasteiger partial charge in [0.05, 0.1) is 12.1 Å². The lowest BCUT2D eigenvalue weighted by Crippen LogP contribution is -2.59. The molecule has 5 unspecified atom stereocenters. The topological polar surface area (TPSA) is 204 Å². The van der Waals surface area contributed by atoms with Gasteiger partial charge >= 0.3 is 5.97 Å². The molecular formula is C26H38N6O6. The molecule has 208 valence electrons. The minimum absolute atomic E-state index is 0.214. The van der Waals surface area contributed by atoms with Crippen molar-refractivity contribution >= 4 is 34.6 Å². The van der Waals surface area contributed by atoms with Crippen LogP contribution in [0.3, 0.4) is 0 Å². The summed E-state index contributed by atoms with van der Waals surface area (Å²) in [4.78, 5) is 55.3. The Morgan fingerprint density at radius 3 is 2.61 bits per heavy atom. The molecule has 5 atom stereocenters. The van der Waals surface area contributed by atoms with E-state index in [0.717, 1.165) is 16.5 Å². The van der Waals surface area contributed by atoms with Gasteiger partial charge in [-0.25, -0.2) is 4.79 Å². The van der Waals surface area contributed by atoms with Gasteiger partial charge in [-0.3, -0.25) is 14.4 Å². The number of nitrogens with one attached hydrogen (secondary N) is 3. The molecule has 1 aliphatic rings. The van der Waals surface area contributed by atoms with Crippen molar-refractivity contribution < 1.29 is 29.4 Å². The summed E-state index contributed by atoms with van der Waals surface area (Å²) in [7, 11) is 0. The van der Waals surface area contributed by atoms with Crippen molar-refractivity contribution in [2.24, 2.45) is 11.5 Å². The van der Waals surface area contributed by atoms with Gasteiger partial charge in [0.15, 0.2) is 0 Å². The van der Waals surface area contributed by atoms with E-state index >= 15 is 0 Å². The lowest BCUT2D eigenvalue weighted by molar-refractivity contribution is -0.146. The van der Waals surface area contributed by atoms with Crippen molar-refractivity contribution in [2.75, 3.05) is 13.1 Å². The molecule has 0 radical (unpaired) electrons. The zero-order chi connectivity index (χ0) is 27.8. The molecule has 12 heteroatoms. The summed E-state index contributed by atoms with van der Waals surface area (Å²) in [5.74, 6) is -2.98. The number of aromatic nitrogens is 1. The molecule has 0 bridgehead atoms. The number of hydrogen-bond donors (Lipinski definition) is 7. The van der Waals surface area contributed by atoms with E-state index in [2.05, 4.69) is 15.6 Å². The summed E-state index contributed by atoms with van der Waals surface area (Å²) in [5, 5.41) is 25.8. The predicted molar refractivity (Wildman–Crippen MR) is 141 cm³/mol. The summed E-state index contributed by atoms with van der Waals surface area (Å²) < 4.78 is 0. The number of benzene rings is 1. The van der Waals surface area contributed by atoms with Crippen molar-refractivity contribution in [3.63, 3.8) is 0 Å². The Bertz CT molecular complexity index is 1130. The zero-order valence-electron chi connectivity index (χ0n) is 21.6. The van der Waals surface area contributed by atoms with Gasteiger partial charge in [-0.2, -0.15) is 0 Å². The molecule has 12 nitrogen and oxygen atoms in total. The van der Waals surface area contributed by atoms with E-state index in [1.54, 1.807) is 6.20 Å². The first kappa shape index (κ1) is 29.1. The van der Waals surface area contributed by atoms with Gasteiger partial charge < -0.3 is 42.2 Å². The van der Waals surface area contributed by atoms with Crippen LogP contribution in [-0.4, -0.2) is 87.1 Å².